The van der Waals surface area contributed by atoms with Crippen LogP contribution in [0.4, 0.5) is 0 Å². The van der Waals surface area contributed by atoms with Crippen molar-refractivity contribution in [2.75, 3.05) is 13.1 Å². The van der Waals surface area contributed by atoms with Crippen molar-refractivity contribution in [3.8, 4) is 0 Å². The zero-order chi connectivity index (χ0) is 18.3. The highest BCUT2D eigenvalue weighted by Crippen LogP contribution is 2.33. The number of pyridine rings is 1. The van der Waals surface area contributed by atoms with E-state index in [1.54, 1.807) is 6.07 Å². The summed E-state index contributed by atoms with van der Waals surface area (Å²) in [4.78, 5) is 29.7. The largest absolute Gasteiger partial charge is 0.480 e. The fourth-order valence-corrected chi connectivity index (χ4v) is 3.49. The van der Waals surface area contributed by atoms with Gasteiger partial charge in [0.15, 0.2) is 0 Å². The molecule has 0 radical (unpaired) electrons. The van der Waals surface area contributed by atoms with Crippen LogP contribution < -0.4 is 5.32 Å². The highest BCUT2D eigenvalue weighted by molar-refractivity contribution is 5.97. The van der Waals surface area contributed by atoms with Gasteiger partial charge >= 0.3 is 5.97 Å². The number of aryl methyl sites for hydroxylation is 1. The third-order valence-corrected chi connectivity index (χ3v) is 5.26. The number of aliphatic carboxylic acids is 1. The number of aromatic nitrogens is 2. The predicted octanol–water partition coefficient (Wildman–Crippen LogP) is 1.59. The van der Waals surface area contributed by atoms with Crippen molar-refractivity contribution in [3.63, 3.8) is 0 Å². The summed E-state index contributed by atoms with van der Waals surface area (Å²) in [5.41, 5.74) is 1.61. The van der Waals surface area contributed by atoms with E-state index in [0.717, 1.165) is 24.8 Å². The van der Waals surface area contributed by atoms with Crippen LogP contribution in [0.5, 0.6) is 0 Å². The van der Waals surface area contributed by atoms with Crippen molar-refractivity contribution >= 4 is 23.0 Å². The maximum Gasteiger partial charge on any atom is 0.317 e. The topological polar surface area (TPSA) is 109 Å². The number of amides is 1. The van der Waals surface area contributed by atoms with Crippen LogP contribution in [0, 0.1) is 12.8 Å². The number of carboxylic acids is 1. The van der Waals surface area contributed by atoms with Crippen molar-refractivity contribution < 1.29 is 19.2 Å². The van der Waals surface area contributed by atoms with Gasteiger partial charge in [-0.3, -0.25) is 14.5 Å². The number of carboxylic acid groups (broad SMARTS) is 1. The molecule has 2 saturated carbocycles. The summed E-state index contributed by atoms with van der Waals surface area (Å²) in [6, 6.07) is 2.05. The highest BCUT2D eigenvalue weighted by atomic mass is 16.5. The molecule has 0 unspecified atom stereocenters. The zero-order valence-electron chi connectivity index (χ0n) is 14.6. The van der Waals surface area contributed by atoms with E-state index in [1.807, 2.05) is 6.92 Å². The Balaban J connectivity index is 1.34. The lowest BCUT2D eigenvalue weighted by molar-refractivity contribution is -0.139. The van der Waals surface area contributed by atoms with Crippen molar-refractivity contribution in [3.05, 3.63) is 23.5 Å². The average molecular weight is 358 g/mol. The zero-order valence-corrected chi connectivity index (χ0v) is 14.6. The van der Waals surface area contributed by atoms with E-state index in [9.17, 15) is 9.59 Å². The van der Waals surface area contributed by atoms with Gasteiger partial charge in [-0.25, -0.2) is 4.98 Å². The van der Waals surface area contributed by atoms with Crippen molar-refractivity contribution in [1.82, 2.24) is 20.4 Å². The van der Waals surface area contributed by atoms with Gasteiger partial charge in [-0.15, -0.1) is 0 Å². The number of carbonyl (C=O) groups is 2. The fourth-order valence-electron chi connectivity index (χ4n) is 3.49. The Hall–Kier alpha value is -2.48. The summed E-state index contributed by atoms with van der Waals surface area (Å²) >= 11 is 0. The molecular formula is C18H22N4O4. The van der Waals surface area contributed by atoms with Gasteiger partial charge in [0.2, 0.25) is 0 Å². The third-order valence-electron chi connectivity index (χ3n) is 5.26. The van der Waals surface area contributed by atoms with Crippen molar-refractivity contribution in [1.29, 1.82) is 0 Å². The molecule has 2 N–H and O–H groups in total. The first-order chi connectivity index (χ1) is 12.5. The molecule has 0 bridgehead atoms. The maximum absolute atomic E-state index is 12.5. The van der Waals surface area contributed by atoms with E-state index < -0.39 is 5.97 Å². The molecular weight excluding hydrogens is 336 g/mol. The molecule has 2 heterocycles. The van der Waals surface area contributed by atoms with Gasteiger partial charge in [0.25, 0.3) is 11.6 Å². The van der Waals surface area contributed by atoms with Gasteiger partial charge in [-0.1, -0.05) is 5.16 Å². The molecule has 2 fully saturated rings. The quantitative estimate of drug-likeness (QED) is 0.773. The van der Waals surface area contributed by atoms with Gasteiger partial charge < -0.3 is 14.9 Å². The molecule has 8 nitrogen and oxygen atoms in total. The molecule has 0 saturated heterocycles. The lowest BCUT2D eigenvalue weighted by atomic mass is 9.85. The molecule has 138 valence electrons. The minimum atomic E-state index is -0.790. The van der Waals surface area contributed by atoms with E-state index in [1.165, 1.54) is 19.0 Å². The van der Waals surface area contributed by atoms with Crippen LogP contribution in [-0.2, 0) is 4.79 Å². The second-order valence-electron chi connectivity index (χ2n) is 7.41. The Labute approximate surface area is 150 Å². The SMILES string of the molecule is Cc1noc2ncc(C(=O)NC3CC(N(CC(=O)O)CC4CC4)C3)cc12. The first kappa shape index (κ1) is 17.0. The number of carbonyl (C=O) groups excluding carboxylic acids is 1. The molecule has 8 heteroatoms. The summed E-state index contributed by atoms with van der Waals surface area (Å²) < 4.78 is 5.06. The summed E-state index contributed by atoms with van der Waals surface area (Å²) in [5.74, 6) is -0.315. The van der Waals surface area contributed by atoms with Crippen LogP contribution in [0.3, 0.4) is 0 Å². The molecule has 2 aliphatic rings. The molecule has 0 aliphatic heterocycles. The number of rotatable bonds is 7. The third kappa shape index (κ3) is 3.55. The Morgan fingerprint density at radius 3 is 2.85 bits per heavy atom. The number of hydrogen-bond acceptors (Lipinski definition) is 6. The van der Waals surface area contributed by atoms with Crippen LogP contribution in [0.15, 0.2) is 16.8 Å². The number of fused-ring (bicyclic) bond motifs is 1. The van der Waals surface area contributed by atoms with Gasteiger partial charge in [0.1, 0.15) is 0 Å². The van der Waals surface area contributed by atoms with E-state index in [0.29, 0.717) is 22.9 Å². The Morgan fingerprint density at radius 1 is 1.38 bits per heavy atom. The molecule has 0 spiro atoms. The maximum atomic E-state index is 12.5. The molecule has 0 aromatic carbocycles. The number of nitrogens with one attached hydrogen (secondary N) is 1. The lowest BCUT2D eigenvalue weighted by Gasteiger charge is -2.42. The van der Waals surface area contributed by atoms with Crippen LogP contribution in [0.25, 0.3) is 11.1 Å². The van der Waals surface area contributed by atoms with Gasteiger partial charge in [0.05, 0.1) is 23.2 Å². The van der Waals surface area contributed by atoms with E-state index >= 15 is 0 Å². The minimum Gasteiger partial charge on any atom is -0.480 e. The standard InChI is InChI=1S/C18H22N4O4/c1-10-15-4-12(7-19-18(15)26-21-10)17(25)20-13-5-14(6-13)22(9-16(23)24)8-11-2-3-11/h4,7,11,13-14H,2-3,5-6,8-9H2,1H3,(H,20,25)(H,23,24). The number of nitrogens with zero attached hydrogens (tertiary/aromatic N) is 3. The summed E-state index contributed by atoms with van der Waals surface area (Å²) in [6.45, 7) is 2.74. The average Bonchev–Trinajstić information content (AvgIpc) is 3.31. The first-order valence-electron chi connectivity index (χ1n) is 8.98. The Morgan fingerprint density at radius 2 is 2.15 bits per heavy atom. The van der Waals surface area contributed by atoms with Crippen molar-refractivity contribution in [2.24, 2.45) is 5.92 Å². The molecule has 0 atom stereocenters. The normalized spacial score (nSPS) is 22.4. The second kappa shape index (κ2) is 6.68. The van der Waals surface area contributed by atoms with Crippen LogP contribution >= 0.6 is 0 Å². The fraction of sp³-hybridized carbons (Fsp3) is 0.556. The molecule has 2 aromatic rings. The predicted molar refractivity (Wildman–Crippen MR) is 92.8 cm³/mol. The highest BCUT2D eigenvalue weighted by Gasteiger charge is 2.37. The smallest absolute Gasteiger partial charge is 0.317 e. The summed E-state index contributed by atoms with van der Waals surface area (Å²) in [6.07, 6.45) is 5.45. The molecule has 4 rings (SSSR count). The lowest BCUT2D eigenvalue weighted by Crippen LogP contribution is -2.55. The molecule has 2 aromatic heterocycles. The molecule has 26 heavy (non-hydrogen) atoms. The van der Waals surface area contributed by atoms with Crippen LogP contribution in [0.2, 0.25) is 0 Å². The van der Waals surface area contributed by atoms with E-state index in [-0.39, 0.29) is 24.5 Å². The van der Waals surface area contributed by atoms with Gasteiger partial charge in [-0.05, 0) is 44.6 Å². The molecule has 1 amide bonds. The monoisotopic (exact) mass is 358 g/mol. The first-order valence-corrected chi connectivity index (χ1v) is 8.98. The Bertz CT molecular complexity index is 839. The van der Waals surface area contributed by atoms with E-state index in [2.05, 4.69) is 20.4 Å². The minimum absolute atomic E-state index is 0.0715. The number of hydrogen-bond donors (Lipinski definition) is 2. The summed E-state index contributed by atoms with van der Waals surface area (Å²) in [7, 11) is 0. The summed E-state index contributed by atoms with van der Waals surface area (Å²) in [5, 5.41) is 16.7. The van der Waals surface area contributed by atoms with Crippen LogP contribution in [-0.4, -0.2) is 57.2 Å². The van der Waals surface area contributed by atoms with Gasteiger partial charge in [-0.2, -0.15) is 0 Å². The van der Waals surface area contributed by atoms with Gasteiger partial charge in [0, 0.05) is 24.8 Å². The van der Waals surface area contributed by atoms with Crippen LogP contribution in [0.1, 0.15) is 41.7 Å². The Kier molecular flexibility index (Phi) is 4.36. The molecule has 2 aliphatic carbocycles. The van der Waals surface area contributed by atoms with E-state index in [4.69, 9.17) is 9.63 Å². The second-order valence-corrected chi connectivity index (χ2v) is 7.41. The van der Waals surface area contributed by atoms with Crippen molar-refractivity contribution in [2.45, 2.75) is 44.7 Å².